The van der Waals surface area contributed by atoms with E-state index in [2.05, 4.69) is 64.7 Å². The molecule has 2 heterocycles. The summed E-state index contributed by atoms with van der Waals surface area (Å²) < 4.78 is 4.49. The van der Waals surface area contributed by atoms with Crippen molar-refractivity contribution in [2.75, 3.05) is 0 Å². The van der Waals surface area contributed by atoms with Gasteiger partial charge >= 0.3 is 0 Å². The molecule has 0 bridgehead atoms. The number of hydrogen-bond donors (Lipinski definition) is 0. The van der Waals surface area contributed by atoms with E-state index in [0.717, 1.165) is 33.9 Å². The lowest BCUT2D eigenvalue weighted by Crippen LogP contribution is -2.23. The molecule has 4 aromatic rings. The number of fused-ring (bicyclic) bond motifs is 2. The molecule has 0 radical (unpaired) electrons. The molecule has 1 atom stereocenters. The second kappa shape index (κ2) is 7.95. The molecular formula is C23H23BrN4O. The zero-order valence-electron chi connectivity index (χ0n) is 16.8. The minimum Gasteiger partial charge on any atom is -0.347 e. The van der Waals surface area contributed by atoms with Crippen LogP contribution in [0, 0.1) is 0 Å². The van der Waals surface area contributed by atoms with E-state index in [9.17, 15) is 4.79 Å². The molecule has 0 saturated heterocycles. The molecule has 148 valence electrons. The maximum absolute atomic E-state index is 13.3. The van der Waals surface area contributed by atoms with Crippen LogP contribution in [0.15, 0.2) is 63.0 Å². The van der Waals surface area contributed by atoms with Crippen LogP contribution in [0.25, 0.3) is 21.8 Å². The number of rotatable bonds is 5. The third-order valence-corrected chi connectivity index (χ3v) is 5.85. The van der Waals surface area contributed by atoms with Crippen molar-refractivity contribution < 1.29 is 0 Å². The fraction of sp³-hybridized carbons (Fsp3) is 0.261. The van der Waals surface area contributed by atoms with Crippen LogP contribution in [-0.4, -0.2) is 20.4 Å². The van der Waals surface area contributed by atoms with Gasteiger partial charge < -0.3 is 4.57 Å². The lowest BCUT2D eigenvalue weighted by molar-refractivity contribution is 0.613. The predicted molar refractivity (Wildman–Crippen MR) is 123 cm³/mol. The van der Waals surface area contributed by atoms with Crippen LogP contribution < -0.4 is 5.56 Å². The number of aryl methyl sites for hydroxylation is 1. The fourth-order valence-electron chi connectivity index (χ4n) is 3.54. The first-order valence-electron chi connectivity index (χ1n) is 9.87. The summed E-state index contributed by atoms with van der Waals surface area (Å²) in [6.45, 7) is 7.15. The molecule has 0 aliphatic carbocycles. The first-order valence-corrected chi connectivity index (χ1v) is 10.7. The van der Waals surface area contributed by atoms with E-state index in [4.69, 9.17) is 4.98 Å². The highest BCUT2D eigenvalue weighted by atomic mass is 79.9. The quantitative estimate of drug-likeness (QED) is 0.375. The van der Waals surface area contributed by atoms with Gasteiger partial charge in [-0.2, -0.15) is 9.78 Å². The third kappa shape index (κ3) is 3.53. The topological polar surface area (TPSA) is 52.2 Å². The summed E-state index contributed by atoms with van der Waals surface area (Å²) in [6.07, 6.45) is 4.72. The minimum absolute atomic E-state index is 0.116. The van der Waals surface area contributed by atoms with Gasteiger partial charge in [0.1, 0.15) is 5.82 Å². The van der Waals surface area contributed by atoms with Gasteiger partial charge in [0.15, 0.2) is 0 Å². The van der Waals surface area contributed by atoms with E-state index in [1.165, 1.54) is 4.68 Å². The lowest BCUT2D eigenvalue weighted by atomic mass is 10.1. The van der Waals surface area contributed by atoms with Gasteiger partial charge in [-0.15, -0.1) is 0 Å². The van der Waals surface area contributed by atoms with Gasteiger partial charge in [-0.3, -0.25) is 4.79 Å². The Labute approximate surface area is 177 Å². The highest BCUT2D eigenvalue weighted by Crippen LogP contribution is 2.22. The molecule has 0 fully saturated rings. The number of hydrogen-bond acceptors (Lipinski definition) is 3. The zero-order valence-corrected chi connectivity index (χ0v) is 18.3. The summed E-state index contributed by atoms with van der Waals surface area (Å²) in [7, 11) is 0. The van der Waals surface area contributed by atoms with E-state index in [0.29, 0.717) is 16.7 Å². The van der Waals surface area contributed by atoms with Gasteiger partial charge in [-0.05, 0) is 37.6 Å². The summed E-state index contributed by atoms with van der Waals surface area (Å²) in [6, 6.07) is 13.8. The minimum atomic E-state index is -0.151. The Bertz CT molecular complexity index is 1290. The van der Waals surface area contributed by atoms with Crippen LogP contribution in [0.2, 0.25) is 0 Å². The number of nitrogens with zero attached hydrogens (tertiary/aromatic N) is 4. The highest BCUT2D eigenvalue weighted by Gasteiger charge is 2.16. The molecule has 29 heavy (non-hydrogen) atoms. The Kier molecular flexibility index (Phi) is 5.37. The normalized spacial score (nSPS) is 13.0. The van der Waals surface area contributed by atoms with Crippen molar-refractivity contribution in [1.29, 1.82) is 0 Å². The van der Waals surface area contributed by atoms with Crippen molar-refractivity contribution in [2.45, 2.75) is 39.7 Å². The molecule has 6 heteroatoms. The van der Waals surface area contributed by atoms with Crippen LogP contribution >= 0.6 is 15.9 Å². The molecule has 2 aromatic carbocycles. The Morgan fingerprint density at radius 1 is 1.17 bits per heavy atom. The summed E-state index contributed by atoms with van der Waals surface area (Å²) >= 11 is 3.45. The predicted octanol–water partition coefficient (Wildman–Crippen LogP) is 5.53. The Morgan fingerprint density at radius 3 is 2.72 bits per heavy atom. The van der Waals surface area contributed by atoms with Crippen molar-refractivity contribution in [2.24, 2.45) is 5.10 Å². The van der Waals surface area contributed by atoms with Crippen molar-refractivity contribution in [1.82, 2.24) is 14.2 Å². The Balaban J connectivity index is 1.91. The summed E-state index contributed by atoms with van der Waals surface area (Å²) in [5.74, 6) is 0.799. The van der Waals surface area contributed by atoms with Gasteiger partial charge in [0, 0.05) is 39.6 Å². The van der Waals surface area contributed by atoms with E-state index < -0.39 is 0 Å². The molecule has 0 aliphatic rings. The number of aromatic nitrogens is 3. The van der Waals surface area contributed by atoms with Crippen LogP contribution in [-0.2, 0) is 6.54 Å². The first-order chi connectivity index (χ1) is 14.0. The van der Waals surface area contributed by atoms with Gasteiger partial charge in [0.05, 0.1) is 17.1 Å². The maximum Gasteiger partial charge on any atom is 0.282 e. The SMILES string of the molecule is CC[C@H](C)c1nc2ccc(Br)cc2c(=O)n1N=Cc1cn(CC)c2ccccc12. The van der Waals surface area contributed by atoms with Crippen LogP contribution in [0.1, 0.15) is 44.5 Å². The summed E-state index contributed by atoms with van der Waals surface area (Å²) in [5, 5.41) is 6.28. The maximum atomic E-state index is 13.3. The Morgan fingerprint density at radius 2 is 1.97 bits per heavy atom. The molecular weight excluding hydrogens is 428 g/mol. The monoisotopic (exact) mass is 450 g/mol. The van der Waals surface area contributed by atoms with Gasteiger partial charge in [-0.25, -0.2) is 4.98 Å². The highest BCUT2D eigenvalue weighted by molar-refractivity contribution is 9.10. The second-order valence-corrected chi connectivity index (χ2v) is 8.11. The average Bonchev–Trinajstić information content (AvgIpc) is 3.10. The largest absolute Gasteiger partial charge is 0.347 e. The molecule has 0 aliphatic heterocycles. The number of para-hydroxylation sites is 1. The van der Waals surface area contributed by atoms with Crippen LogP contribution in [0.5, 0.6) is 0 Å². The van der Waals surface area contributed by atoms with Crippen LogP contribution in [0.4, 0.5) is 0 Å². The van der Waals surface area contributed by atoms with Gasteiger partial charge in [0.2, 0.25) is 0 Å². The first kappa shape index (κ1) is 19.6. The van der Waals surface area contributed by atoms with Crippen molar-refractivity contribution in [3.05, 3.63) is 74.9 Å². The Hall–Kier alpha value is -2.73. The number of benzene rings is 2. The molecule has 5 nitrogen and oxygen atoms in total. The standard InChI is InChI=1S/C23H23BrN4O/c1-4-15(3)22-26-20-11-10-17(24)12-19(20)23(29)28(22)25-13-16-14-27(5-2)21-9-7-6-8-18(16)21/h6-15H,4-5H2,1-3H3/t15-/m0/s1. The molecule has 0 amide bonds. The van der Waals surface area contributed by atoms with Crippen molar-refractivity contribution in [3.8, 4) is 0 Å². The van der Waals surface area contributed by atoms with Gasteiger partial charge in [0.25, 0.3) is 5.56 Å². The molecule has 4 rings (SSSR count). The van der Waals surface area contributed by atoms with E-state index in [1.807, 2.05) is 24.3 Å². The second-order valence-electron chi connectivity index (χ2n) is 7.19. The van der Waals surface area contributed by atoms with Crippen molar-refractivity contribution in [3.63, 3.8) is 0 Å². The van der Waals surface area contributed by atoms with Crippen LogP contribution in [0.3, 0.4) is 0 Å². The summed E-state index contributed by atoms with van der Waals surface area (Å²) in [5.41, 5.74) is 2.69. The molecule has 0 spiro atoms. The van der Waals surface area contributed by atoms with Crippen molar-refractivity contribution >= 4 is 44.0 Å². The lowest BCUT2D eigenvalue weighted by Gasteiger charge is -2.13. The van der Waals surface area contributed by atoms with E-state index >= 15 is 0 Å². The fourth-order valence-corrected chi connectivity index (χ4v) is 3.90. The molecule has 0 N–H and O–H groups in total. The smallest absolute Gasteiger partial charge is 0.282 e. The summed E-state index contributed by atoms with van der Waals surface area (Å²) in [4.78, 5) is 18.0. The zero-order chi connectivity index (χ0) is 20.5. The molecule has 2 aromatic heterocycles. The van der Waals surface area contributed by atoms with E-state index in [-0.39, 0.29) is 11.5 Å². The molecule has 0 saturated carbocycles. The third-order valence-electron chi connectivity index (χ3n) is 5.36. The average molecular weight is 451 g/mol. The number of halogens is 1. The van der Waals surface area contributed by atoms with Gasteiger partial charge in [-0.1, -0.05) is 48.0 Å². The molecule has 0 unspecified atom stereocenters. The van der Waals surface area contributed by atoms with E-state index in [1.54, 1.807) is 12.3 Å².